The molecule has 410 valence electrons. The Morgan fingerprint density at radius 1 is 0.718 bits per heavy atom. The Morgan fingerprint density at radius 2 is 1.38 bits per heavy atom. The molecule has 0 aliphatic carbocycles. The lowest BCUT2D eigenvalue weighted by atomic mass is 9.81. The molecule has 7 heterocycles. The lowest BCUT2D eigenvalue weighted by Crippen LogP contribution is -2.45. The number of aryl methyl sites for hydroxylation is 3. The van der Waals surface area contributed by atoms with Gasteiger partial charge in [0.2, 0.25) is 11.2 Å². The van der Waals surface area contributed by atoms with E-state index in [0.717, 1.165) is 122 Å². The second-order valence-electron chi connectivity index (χ2n) is 21.7. The molecule has 0 bridgehead atoms. The molecule has 6 aliphatic rings. The van der Waals surface area contributed by atoms with Crippen LogP contribution in [0, 0.1) is 12.3 Å². The molecule has 4 aromatic carbocycles. The van der Waals surface area contributed by atoms with E-state index in [-0.39, 0.29) is 35.6 Å². The van der Waals surface area contributed by atoms with E-state index in [1.54, 1.807) is 13.0 Å². The quantitative estimate of drug-likeness (QED) is 0.0561. The first-order valence-electron chi connectivity index (χ1n) is 27.8. The number of carbonyl (C=O) groups is 2. The van der Waals surface area contributed by atoms with Crippen LogP contribution < -0.4 is 35.4 Å². The third-order valence-electron chi connectivity index (χ3n) is 15.3. The van der Waals surface area contributed by atoms with E-state index in [1.807, 2.05) is 30.3 Å². The van der Waals surface area contributed by atoms with E-state index in [0.29, 0.717) is 95.6 Å². The van der Waals surface area contributed by atoms with Crippen molar-refractivity contribution in [2.75, 3.05) is 104 Å². The molecule has 78 heavy (non-hydrogen) atoms. The van der Waals surface area contributed by atoms with Crippen molar-refractivity contribution in [3.05, 3.63) is 133 Å². The second kappa shape index (κ2) is 23.9. The number of benzene rings is 4. The first kappa shape index (κ1) is 53.0. The average Bonchev–Trinajstić information content (AvgIpc) is 3.62. The maximum Gasteiger partial charge on any atom is 0.336 e. The zero-order valence-corrected chi connectivity index (χ0v) is 45.2. The van der Waals surface area contributed by atoms with Crippen LogP contribution >= 0.6 is 0 Å². The van der Waals surface area contributed by atoms with E-state index < -0.39 is 5.97 Å². The molecule has 0 spiro atoms. The Balaban J connectivity index is 0.631. The average molecular weight is 1060 g/mol. The van der Waals surface area contributed by atoms with Gasteiger partial charge in [0.1, 0.15) is 24.6 Å². The van der Waals surface area contributed by atoms with E-state index in [9.17, 15) is 14.7 Å². The summed E-state index contributed by atoms with van der Waals surface area (Å²) in [5.41, 5.74) is 11.8. The molecule has 1 amide bonds. The molecule has 3 N–H and O–H groups in total. The smallest absolute Gasteiger partial charge is 0.336 e. The predicted molar refractivity (Wildman–Crippen MR) is 291 cm³/mol. The molecule has 1 aromatic heterocycles. The van der Waals surface area contributed by atoms with Crippen molar-refractivity contribution in [3.8, 4) is 22.9 Å². The van der Waals surface area contributed by atoms with Crippen molar-refractivity contribution in [2.24, 2.45) is 5.41 Å². The lowest BCUT2D eigenvalue weighted by Gasteiger charge is -2.39. The number of anilines is 1. The van der Waals surface area contributed by atoms with Crippen molar-refractivity contribution in [2.45, 2.75) is 85.1 Å². The summed E-state index contributed by atoms with van der Waals surface area (Å²) in [5.74, 6) is 1.78. The molecule has 0 radical (unpaired) electrons. The molecule has 0 atom stereocenters. The first-order valence-corrected chi connectivity index (χ1v) is 27.8. The van der Waals surface area contributed by atoms with Crippen molar-refractivity contribution in [1.29, 1.82) is 0 Å². The monoisotopic (exact) mass is 1060 g/mol. The standard InChI is InChI=1S/C60H70N8O10/c1-38-63-65-56(66-64-38)40-14-12-39(13-15-40)35-62-50(59-76-36-60(2,3)37-77-59)18-24-72-26-28-74-30-31-75-29-27-73-25-19-61-57(69)43-16-17-44(47(34-43)58(70)71)51-48-32-41-8-4-20-67-22-6-10-45(52(41)67)54(48)78-55-46-11-7-23-68-21-5-9-42(53(46)68)33-49(51)55/h12-17,32-34,62H,4-11,18-31,35-37H2,1-3H3,(H-,61,69,70,71)/p+1. The second-order valence-corrected chi connectivity index (χ2v) is 21.7. The van der Waals surface area contributed by atoms with Crippen molar-refractivity contribution >= 4 is 23.1 Å². The Labute approximate surface area is 454 Å². The number of carbonyl (C=O) groups excluding carboxylic acids is 1. The molecule has 1 saturated heterocycles. The molecule has 5 aromatic rings. The highest BCUT2D eigenvalue weighted by Crippen LogP contribution is 2.49. The molecular weight excluding hydrogens is 993 g/mol. The van der Waals surface area contributed by atoms with E-state index in [2.05, 4.69) is 66.5 Å². The zero-order chi connectivity index (χ0) is 53.6. The van der Waals surface area contributed by atoms with Crippen LogP contribution in [0.2, 0.25) is 0 Å². The van der Waals surface area contributed by atoms with Gasteiger partial charge in [-0.2, -0.15) is 0 Å². The molecule has 18 nitrogen and oxygen atoms in total. The summed E-state index contributed by atoms with van der Waals surface area (Å²) in [4.78, 5) is 29.4. The SMILES string of the molecule is Cc1nnc(-c2ccc(CNC(CCOCCOCCOCCOCCNC(=O)c3ccc(C4=c5cc6c7c(c5Oc5c4cc4c8c5CCCN8CCC4)CCC[N+]=7CCC6)c(C(=O)O)c3)=C3OCC(C)(C)CO3)cc2)nn1. The van der Waals surface area contributed by atoms with Gasteiger partial charge in [-0.15, -0.1) is 20.4 Å². The van der Waals surface area contributed by atoms with Gasteiger partial charge >= 0.3 is 5.97 Å². The first-order chi connectivity index (χ1) is 38.1. The summed E-state index contributed by atoms with van der Waals surface area (Å²) in [6.07, 6.45) is 8.61. The normalized spacial score (nSPS) is 16.7. The summed E-state index contributed by atoms with van der Waals surface area (Å²) in [5, 5.41) is 35.8. The van der Waals surface area contributed by atoms with Gasteiger partial charge in [-0.3, -0.25) is 4.79 Å². The Bertz CT molecular complexity index is 3200. The molecule has 0 unspecified atom stereocenters. The Morgan fingerprint density at radius 3 is 2.12 bits per heavy atom. The number of nitrogens with zero attached hydrogens (tertiary/aromatic N) is 6. The minimum atomic E-state index is -1.08. The summed E-state index contributed by atoms with van der Waals surface area (Å²) < 4.78 is 44.8. The number of nitrogens with one attached hydrogen (secondary N) is 2. The molecule has 0 saturated carbocycles. The number of rotatable bonds is 22. The summed E-state index contributed by atoms with van der Waals surface area (Å²) >= 11 is 0. The van der Waals surface area contributed by atoms with Crippen LogP contribution in [-0.2, 0) is 60.6 Å². The number of carboxylic acid groups (broad SMARTS) is 1. The number of fused-ring (bicyclic) bond motifs is 4. The van der Waals surface area contributed by atoms with Gasteiger partial charge in [-0.05, 0) is 86.4 Å². The number of amides is 1. The van der Waals surface area contributed by atoms with Gasteiger partial charge < -0.3 is 53.8 Å². The van der Waals surface area contributed by atoms with Gasteiger partial charge in [0, 0.05) is 95.2 Å². The maximum absolute atomic E-state index is 13.6. The number of hydrogen-bond acceptors (Lipinski definition) is 15. The van der Waals surface area contributed by atoms with E-state index >= 15 is 0 Å². The van der Waals surface area contributed by atoms with E-state index in [4.69, 9.17) is 33.2 Å². The van der Waals surface area contributed by atoms with Gasteiger partial charge in [0.15, 0.2) is 5.82 Å². The number of hydrogen-bond donors (Lipinski definition) is 3. The topological polar surface area (TPSA) is 201 Å². The zero-order valence-electron chi connectivity index (χ0n) is 45.2. The van der Waals surface area contributed by atoms with Gasteiger partial charge in [0.25, 0.3) is 11.9 Å². The van der Waals surface area contributed by atoms with E-state index in [1.165, 1.54) is 39.4 Å². The van der Waals surface area contributed by atoms with Gasteiger partial charge in [-0.25, -0.2) is 9.37 Å². The fourth-order valence-corrected chi connectivity index (χ4v) is 11.6. The fourth-order valence-electron chi connectivity index (χ4n) is 11.6. The van der Waals surface area contributed by atoms with Crippen LogP contribution in [0.3, 0.4) is 0 Å². The van der Waals surface area contributed by atoms with Crippen LogP contribution in [0.4, 0.5) is 5.69 Å². The summed E-state index contributed by atoms with van der Waals surface area (Å²) in [6, 6.07) is 17.6. The number of aromatic nitrogens is 4. The highest BCUT2D eigenvalue weighted by atomic mass is 16.7. The minimum Gasteiger partial charge on any atom is -0.478 e. The third kappa shape index (κ3) is 11.7. The Kier molecular flexibility index (Phi) is 16.3. The fraction of sp³-hybridized carbons (Fsp3) is 0.483. The molecule has 1 fully saturated rings. The summed E-state index contributed by atoms with van der Waals surface area (Å²) in [7, 11) is 0. The third-order valence-corrected chi connectivity index (χ3v) is 15.3. The summed E-state index contributed by atoms with van der Waals surface area (Å²) in [6.45, 7) is 15.1. The lowest BCUT2D eigenvalue weighted by molar-refractivity contribution is -0.0891. The predicted octanol–water partition coefficient (Wildman–Crippen LogP) is 5.59. The van der Waals surface area contributed by atoms with Crippen LogP contribution in [-0.4, -0.2) is 136 Å². The molecule has 6 aliphatic heterocycles. The number of ether oxygens (including phenoxy) is 7. The molecular formula is C60H71N8O10+. The Hall–Kier alpha value is -6.99. The number of carboxylic acids is 1. The van der Waals surface area contributed by atoms with Gasteiger partial charge in [-0.1, -0.05) is 44.2 Å². The van der Waals surface area contributed by atoms with Crippen molar-refractivity contribution < 1.29 is 47.9 Å². The molecule has 11 rings (SSSR count). The van der Waals surface area contributed by atoms with Crippen LogP contribution in [0.25, 0.3) is 17.0 Å². The van der Waals surface area contributed by atoms with Crippen molar-refractivity contribution in [1.82, 2.24) is 35.6 Å². The largest absolute Gasteiger partial charge is 0.478 e. The van der Waals surface area contributed by atoms with Crippen molar-refractivity contribution in [3.63, 3.8) is 0 Å². The molecule has 18 heteroatoms. The van der Waals surface area contributed by atoms with Gasteiger partial charge in [0.05, 0.1) is 82.9 Å². The van der Waals surface area contributed by atoms with Crippen LogP contribution in [0.5, 0.6) is 11.5 Å². The highest BCUT2D eigenvalue weighted by Gasteiger charge is 2.37. The minimum absolute atomic E-state index is 0.0732. The number of aromatic carboxylic acids is 1. The van der Waals surface area contributed by atoms with Crippen LogP contribution in [0.1, 0.15) is 111 Å². The highest BCUT2D eigenvalue weighted by molar-refractivity contribution is 6.03. The van der Waals surface area contributed by atoms with Crippen LogP contribution in [0.15, 0.2) is 66.2 Å². The maximum atomic E-state index is 13.6.